The Morgan fingerprint density at radius 1 is 0.226 bits per heavy atom. The van der Waals surface area contributed by atoms with E-state index in [0.717, 1.165) is 17.1 Å². The molecule has 2 aliphatic rings. The monoisotopic (exact) mass is 785 g/mol. The number of hydrogen-bond acceptors (Lipinski definition) is 1. The molecule has 1 atom stereocenters. The van der Waals surface area contributed by atoms with Crippen molar-refractivity contribution in [2.75, 3.05) is 4.90 Å². The van der Waals surface area contributed by atoms with Crippen molar-refractivity contribution in [1.29, 1.82) is 0 Å². The second-order valence-electron chi connectivity index (χ2n) is 16.8. The van der Waals surface area contributed by atoms with E-state index in [-0.39, 0.29) is 0 Å². The lowest BCUT2D eigenvalue weighted by atomic mass is 9.70. The molecule has 1 unspecified atom stereocenters. The Morgan fingerprint density at radius 3 is 1.13 bits per heavy atom. The zero-order chi connectivity index (χ0) is 40.8. The summed E-state index contributed by atoms with van der Waals surface area (Å²) in [4.78, 5) is 2.43. The van der Waals surface area contributed by atoms with Crippen LogP contribution in [0.2, 0.25) is 0 Å². The van der Waals surface area contributed by atoms with Crippen LogP contribution in [0.3, 0.4) is 0 Å². The fourth-order valence-electron chi connectivity index (χ4n) is 11.0. The molecule has 2 aliphatic carbocycles. The quantitative estimate of drug-likeness (QED) is 0.157. The fourth-order valence-corrected chi connectivity index (χ4v) is 11.0. The van der Waals surface area contributed by atoms with E-state index in [1.54, 1.807) is 0 Å². The highest BCUT2D eigenvalue weighted by Crippen LogP contribution is 2.64. The van der Waals surface area contributed by atoms with E-state index in [1.165, 1.54) is 99.1 Å². The molecular formula is C61H39N. The molecule has 0 heterocycles. The molecule has 0 saturated heterocycles. The molecule has 0 N–H and O–H groups in total. The third kappa shape index (κ3) is 4.97. The highest BCUT2D eigenvalue weighted by Gasteiger charge is 2.52. The molecule has 1 heteroatoms. The Morgan fingerprint density at radius 2 is 0.597 bits per heavy atom. The second-order valence-corrected chi connectivity index (χ2v) is 16.8. The van der Waals surface area contributed by atoms with Gasteiger partial charge in [0.05, 0.1) is 5.41 Å². The van der Waals surface area contributed by atoms with Crippen molar-refractivity contribution in [3.05, 3.63) is 259 Å². The Kier molecular flexibility index (Phi) is 7.59. The second kappa shape index (κ2) is 13.5. The number of anilines is 3. The van der Waals surface area contributed by atoms with Crippen LogP contribution in [0.5, 0.6) is 0 Å². The van der Waals surface area contributed by atoms with E-state index >= 15 is 0 Å². The van der Waals surface area contributed by atoms with Crippen LogP contribution in [0.1, 0.15) is 22.3 Å². The van der Waals surface area contributed by atoms with Crippen molar-refractivity contribution in [2.45, 2.75) is 5.41 Å². The first-order valence-corrected chi connectivity index (χ1v) is 21.6. The van der Waals surface area contributed by atoms with Gasteiger partial charge >= 0.3 is 0 Å². The SMILES string of the molecule is c1ccc(-c2ccc(N(c3ccc(-c4ccccc4)cc3)c3ccc4c(c3)C3(c5ccccc5-4)c4ccccc4-c4cc5c6ccccc6c6ccccc6c5cc43)cc2)cc1. The molecule has 0 aromatic heterocycles. The lowest BCUT2D eigenvalue weighted by molar-refractivity contribution is 0.795. The average Bonchev–Trinajstić information content (AvgIpc) is 3.81. The number of fused-ring (bicyclic) bond motifs is 16. The Labute approximate surface area is 361 Å². The van der Waals surface area contributed by atoms with Crippen LogP contribution in [0.25, 0.3) is 76.8 Å². The van der Waals surface area contributed by atoms with Crippen LogP contribution >= 0.6 is 0 Å². The summed E-state index contributed by atoms with van der Waals surface area (Å²) in [6, 6.07) is 87.9. The van der Waals surface area contributed by atoms with E-state index in [0.29, 0.717) is 0 Å². The molecule has 0 bridgehead atoms. The lowest BCUT2D eigenvalue weighted by Gasteiger charge is -2.32. The van der Waals surface area contributed by atoms with Crippen LogP contribution in [-0.2, 0) is 5.41 Å². The average molecular weight is 786 g/mol. The Balaban J connectivity index is 1.07. The summed E-state index contributed by atoms with van der Waals surface area (Å²) in [6.07, 6.45) is 0. The summed E-state index contributed by atoms with van der Waals surface area (Å²) in [6.45, 7) is 0. The molecule has 62 heavy (non-hydrogen) atoms. The first kappa shape index (κ1) is 34.8. The maximum absolute atomic E-state index is 2.56. The van der Waals surface area contributed by atoms with Gasteiger partial charge in [-0.3, -0.25) is 0 Å². The van der Waals surface area contributed by atoms with Gasteiger partial charge in [-0.1, -0.05) is 188 Å². The molecule has 1 spiro atoms. The maximum Gasteiger partial charge on any atom is 0.0726 e. The molecule has 13 rings (SSSR count). The zero-order valence-electron chi connectivity index (χ0n) is 34.0. The molecule has 1 nitrogen and oxygen atoms in total. The van der Waals surface area contributed by atoms with Gasteiger partial charge < -0.3 is 4.90 Å². The normalized spacial score (nSPS) is 14.5. The lowest BCUT2D eigenvalue weighted by Crippen LogP contribution is -2.26. The van der Waals surface area contributed by atoms with Gasteiger partial charge in [0, 0.05) is 17.1 Å². The molecule has 11 aromatic carbocycles. The minimum atomic E-state index is -0.519. The van der Waals surface area contributed by atoms with Crippen molar-refractivity contribution in [3.63, 3.8) is 0 Å². The van der Waals surface area contributed by atoms with Crippen molar-refractivity contribution in [3.8, 4) is 44.5 Å². The summed E-state index contributed by atoms with van der Waals surface area (Å²) in [5.74, 6) is 0. The largest absolute Gasteiger partial charge is 0.310 e. The fraction of sp³-hybridized carbons (Fsp3) is 0.0164. The third-order valence-electron chi connectivity index (χ3n) is 13.7. The van der Waals surface area contributed by atoms with Gasteiger partial charge in [0.25, 0.3) is 0 Å². The van der Waals surface area contributed by atoms with Gasteiger partial charge in [-0.05, 0) is 148 Å². The number of rotatable bonds is 5. The van der Waals surface area contributed by atoms with Gasteiger partial charge in [0.15, 0.2) is 0 Å². The number of nitrogens with zero attached hydrogens (tertiary/aromatic N) is 1. The first-order chi connectivity index (χ1) is 30.8. The molecule has 0 fully saturated rings. The summed E-state index contributed by atoms with van der Waals surface area (Å²) >= 11 is 0. The predicted molar refractivity (Wildman–Crippen MR) is 261 cm³/mol. The first-order valence-electron chi connectivity index (χ1n) is 21.6. The number of benzene rings is 11. The summed E-state index contributed by atoms with van der Waals surface area (Å²) in [7, 11) is 0. The minimum absolute atomic E-state index is 0.519. The van der Waals surface area contributed by atoms with Crippen molar-refractivity contribution in [2.24, 2.45) is 0 Å². The summed E-state index contributed by atoms with van der Waals surface area (Å²) < 4.78 is 0. The van der Waals surface area contributed by atoms with Crippen LogP contribution in [-0.4, -0.2) is 0 Å². The van der Waals surface area contributed by atoms with Gasteiger partial charge in [-0.25, -0.2) is 0 Å². The van der Waals surface area contributed by atoms with Crippen LogP contribution in [0, 0.1) is 0 Å². The third-order valence-corrected chi connectivity index (χ3v) is 13.7. The smallest absolute Gasteiger partial charge is 0.0726 e. The van der Waals surface area contributed by atoms with Crippen LogP contribution in [0.15, 0.2) is 237 Å². The summed E-state index contributed by atoms with van der Waals surface area (Å²) in [5.41, 5.74) is 18.2. The van der Waals surface area contributed by atoms with Crippen molar-refractivity contribution in [1.82, 2.24) is 0 Å². The molecule has 288 valence electrons. The van der Waals surface area contributed by atoms with E-state index in [1.807, 2.05) is 0 Å². The standard InChI is InChI=1S/C61H39N/c1-3-15-40(16-4-1)42-27-31-44(32-28-42)62(45-33-29-43(30-34-45)41-17-5-2-6-18-41)46-35-36-53-51-23-11-13-25-57(51)61(59(53)37-46)58-26-14-12-24-52(58)56-38-54-49-21-9-7-19-47(49)48-20-8-10-22-50(48)55(54)39-60(56)61/h1-39H. The minimum Gasteiger partial charge on any atom is -0.310 e. The zero-order valence-corrected chi connectivity index (χ0v) is 34.0. The van der Waals surface area contributed by atoms with Crippen LogP contribution < -0.4 is 4.90 Å². The number of hydrogen-bond donors (Lipinski definition) is 0. The van der Waals surface area contributed by atoms with Gasteiger partial charge in [-0.2, -0.15) is 0 Å². The van der Waals surface area contributed by atoms with E-state index in [2.05, 4.69) is 241 Å². The Hall–Kier alpha value is -8.00. The molecule has 0 aliphatic heterocycles. The van der Waals surface area contributed by atoms with Crippen molar-refractivity contribution >= 4 is 49.4 Å². The van der Waals surface area contributed by atoms with Gasteiger partial charge in [0.2, 0.25) is 0 Å². The van der Waals surface area contributed by atoms with E-state index in [4.69, 9.17) is 0 Å². The summed E-state index contributed by atoms with van der Waals surface area (Å²) in [5, 5.41) is 7.78. The molecule has 0 radical (unpaired) electrons. The molecular weight excluding hydrogens is 747 g/mol. The molecule has 0 saturated carbocycles. The topological polar surface area (TPSA) is 3.24 Å². The Bertz CT molecular complexity index is 3470. The molecule has 11 aromatic rings. The van der Waals surface area contributed by atoms with Crippen molar-refractivity contribution < 1.29 is 0 Å². The van der Waals surface area contributed by atoms with Crippen LogP contribution in [0.4, 0.5) is 17.1 Å². The predicted octanol–water partition coefficient (Wildman–Crippen LogP) is 16.3. The van der Waals surface area contributed by atoms with E-state index in [9.17, 15) is 0 Å². The maximum atomic E-state index is 2.56. The van der Waals surface area contributed by atoms with E-state index < -0.39 is 5.41 Å². The highest BCUT2D eigenvalue weighted by atomic mass is 15.1. The molecule has 0 amide bonds. The van der Waals surface area contributed by atoms with Gasteiger partial charge in [-0.15, -0.1) is 0 Å². The van der Waals surface area contributed by atoms with Gasteiger partial charge in [0.1, 0.15) is 0 Å². The highest BCUT2D eigenvalue weighted by molar-refractivity contribution is 6.26.